The molecule has 0 radical (unpaired) electrons. The van der Waals surface area contributed by atoms with Gasteiger partial charge in [-0.3, -0.25) is 0 Å². The van der Waals surface area contributed by atoms with Gasteiger partial charge in [0.05, 0.1) is 0 Å². The van der Waals surface area contributed by atoms with E-state index in [0.717, 1.165) is 12.8 Å². The van der Waals surface area contributed by atoms with Crippen LogP contribution in [0.2, 0.25) is 0 Å². The first-order chi connectivity index (χ1) is 5.74. The standard InChI is InChI=1S/C11H13Br/c1-3-4-5-10-6-7-11(12)9(2)8-10/h3,6-8H,1,4-5H2,2H3. The fraction of sp³-hybridized carbons (Fsp3) is 0.273. The lowest BCUT2D eigenvalue weighted by molar-refractivity contribution is 1.000. The minimum Gasteiger partial charge on any atom is -0.103 e. The minimum atomic E-state index is 1.06. The first-order valence-electron chi connectivity index (χ1n) is 4.10. The van der Waals surface area contributed by atoms with Crippen molar-refractivity contribution in [2.45, 2.75) is 19.8 Å². The highest BCUT2D eigenvalue weighted by Crippen LogP contribution is 2.17. The van der Waals surface area contributed by atoms with E-state index in [4.69, 9.17) is 0 Å². The van der Waals surface area contributed by atoms with Crippen LogP contribution in [0.3, 0.4) is 0 Å². The van der Waals surface area contributed by atoms with E-state index in [1.807, 2.05) is 6.08 Å². The van der Waals surface area contributed by atoms with Crippen molar-refractivity contribution in [3.05, 3.63) is 46.5 Å². The van der Waals surface area contributed by atoms with Crippen LogP contribution in [0.5, 0.6) is 0 Å². The lowest BCUT2D eigenvalue weighted by Gasteiger charge is -2.01. The maximum absolute atomic E-state index is 3.71. The Labute approximate surface area is 82.4 Å². The average Bonchev–Trinajstić information content (AvgIpc) is 2.07. The summed E-state index contributed by atoms with van der Waals surface area (Å²) in [6, 6.07) is 6.47. The van der Waals surface area contributed by atoms with Crippen molar-refractivity contribution in [3.8, 4) is 0 Å². The van der Waals surface area contributed by atoms with Crippen LogP contribution in [0.4, 0.5) is 0 Å². The van der Waals surface area contributed by atoms with Crippen molar-refractivity contribution >= 4 is 15.9 Å². The van der Waals surface area contributed by atoms with Crippen LogP contribution < -0.4 is 0 Å². The molecule has 0 fully saturated rings. The summed E-state index contributed by atoms with van der Waals surface area (Å²) in [5.74, 6) is 0. The predicted octanol–water partition coefficient (Wildman–Crippen LogP) is 3.88. The molecule has 0 heterocycles. The number of hydrogen-bond acceptors (Lipinski definition) is 0. The quantitative estimate of drug-likeness (QED) is 0.685. The molecule has 0 saturated heterocycles. The Hall–Kier alpha value is -0.560. The molecule has 0 amide bonds. The molecule has 1 rings (SSSR count). The number of benzene rings is 1. The predicted molar refractivity (Wildman–Crippen MR) is 57.4 cm³/mol. The molecule has 64 valence electrons. The van der Waals surface area contributed by atoms with Gasteiger partial charge in [0.25, 0.3) is 0 Å². The Balaban J connectivity index is 2.75. The lowest BCUT2D eigenvalue weighted by Crippen LogP contribution is -1.85. The zero-order valence-corrected chi connectivity index (χ0v) is 8.89. The van der Waals surface area contributed by atoms with Gasteiger partial charge in [-0.2, -0.15) is 0 Å². The number of allylic oxidation sites excluding steroid dienone is 1. The Morgan fingerprint density at radius 1 is 1.50 bits per heavy atom. The van der Waals surface area contributed by atoms with Crippen molar-refractivity contribution in [1.82, 2.24) is 0 Å². The highest BCUT2D eigenvalue weighted by molar-refractivity contribution is 9.10. The Morgan fingerprint density at radius 3 is 2.83 bits per heavy atom. The first kappa shape index (κ1) is 9.53. The summed E-state index contributed by atoms with van der Waals surface area (Å²) in [6.07, 6.45) is 4.11. The van der Waals surface area contributed by atoms with Crippen LogP contribution in [-0.2, 0) is 6.42 Å². The van der Waals surface area contributed by atoms with Crippen molar-refractivity contribution in [2.24, 2.45) is 0 Å². The summed E-state index contributed by atoms with van der Waals surface area (Å²) in [6.45, 7) is 5.82. The van der Waals surface area contributed by atoms with Crippen LogP contribution >= 0.6 is 15.9 Å². The molecule has 1 heteroatoms. The molecule has 0 aliphatic carbocycles. The molecule has 1 aromatic carbocycles. The van der Waals surface area contributed by atoms with E-state index in [-0.39, 0.29) is 0 Å². The van der Waals surface area contributed by atoms with Crippen molar-refractivity contribution in [3.63, 3.8) is 0 Å². The Bertz CT molecular complexity index is 276. The highest BCUT2D eigenvalue weighted by Gasteiger charge is 1.95. The van der Waals surface area contributed by atoms with Crippen molar-refractivity contribution in [1.29, 1.82) is 0 Å². The number of hydrogen-bond donors (Lipinski definition) is 0. The monoisotopic (exact) mass is 224 g/mol. The first-order valence-corrected chi connectivity index (χ1v) is 4.89. The molecule has 0 aromatic heterocycles. The van der Waals surface area contributed by atoms with Crippen molar-refractivity contribution in [2.75, 3.05) is 0 Å². The average molecular weight is 225 g/mol. The summed E-state index contributed by atoms with van der Waals surface area (Å²) in [5, 5.41) is 0. The van der Waals surface area contributed by atoms with E-state index in [0.29, 0.717) is 0 Å². The lowest BCUT2D eigenvalue weighted by atomic mass is 10.1. The molecule has 0 aliphatic rings. The van der Waals surface area contributed by atoms with Crippen LogP contribution in [-0.4, -0.2) is 0 Å². The molecule has 0 spiro atoms. The maximum atomic E-state index is 3.71. The molecule has 0 unspecified atom stereocenters. The molecule has 0 nitrogen and oxygen atoms in total. The van der Waals surface area contributed by atoms with Gasteiger partial charge in [0.1, 0.15) is 0 Å². The van der Waals surface area contributed by atoms with Crippen LogP contribution in [0.15, 0.2) is 35.3 Å². The zero-order valence-electron chi connectivity index (χ0n) is 7.31. The number of rotatable bonds is 3. The number of aryl methyl sites for hydroxylation is 2. The molecule has 12 heavy (non-hydrogen) atoms. The fourth-order valence-electron chi connectivity index (χ4n) is 1.13. The van der Waals surface area contributed by atoms with Gasteiger partial charge in [0, 0.05) is 4.47 Å². The SMILES string of the molecule is C=CCCc1ccc(Br)c(C)c1. The molecule has 1 aromatic rings. The Kier molecular flexibility index (Phi) is 3.54. The summed E-state index contributed by atoms with van der Waals surface area (Å²) in [7, 11) is 0. The summed E-state index contributed by atoms with van der Waals surface area (Å²) < 4.78 is 1.19. The van der Waals surface area contributed by atoms with Gasteiger partial charge in [-0.25, -0.2) is 0 Å². The van der Waals surface area contributed by atoms with E-state index in [1.54, 1.807) is 0 Å². The molecule has 0 aliphatic heterocycles. The molecule has 0 N–H and O–H groups in total. The molecular weight excluding hydrogens is 212 g/mol. The summed E-state index contributed by atoms with van der Waals surface area (Å²) in [4.78, 5) is 0. The molecule has 0 saturated carbocycles. The second-order valence-electron chi connectivity index (χ2n) is 2.91. The second-order valence-corrected chi connectivity index (χ2v) is 3.77. The van der Waals surface area contributed by atoms with Gasteiger partial charge in [-0.1, -0.05) is 34.1 Å². The topological polar surface area (TPSA) is 0 Å². The van der Waals surface area contributed by atoms with Gasteiger partial charge >= 0.3 is 0 Å². The molecule has 0 bridgehead atoms. The molecule has 0 atom stereocenters. The van der Waals surface area contributed by atoms with Crippen LogP contribution in [0, 0.1) is 6.92 Å². The van der Waals surface area contributed by atoms with E-state index >= 15 is 0 Å². The van der Waals surface area contributed by atoms with Gasteiger partial charge in [0.2, 0.25) is 0 Å². The highest BCUT2D eigenvalue weighted by atomic mass is 79.9. The number of halogens is 1. The van der Waals surface area contributed by atoms with Gasteiger partial charge in [-0.15, -0.1) is 6.58 Å². The summed E-state index contributed by atoms with van der Waals surface area (Å²) >= 11 is 3.48. The third-order valence-corrected chi connectivity index (χ3v) is 2.75. The third-order valence-electron chi connectivity index (χ3n) is 1.86. The van der Waals surface area contributed by atoms with Crippen LogP contribution in [0.1, 0.15) is 17.5 Å². The second kappa shape index (κ2) is 4.46. The summed E-state index contributed by atoms with van der Waals surface area (Å²) in [5.41, 5.74) is 2.69. The normalized spacial score (nSPS) is 9.83. The van der Waals surface area contributed by atoms with Gasteiger partial charge in [0.15, 0.2) is 0 Å². The van der Waals surface area contributed by atoms with Gasteiger partial charge in [-0.05, 0) is 37.0 Å². The largest absolute Gasteiger partial charge is 0.103 e. The van der Waals surface area contributed by atoms with Crippen LogP contribution in [0.25, 0.3) is 0 Å². The fourth-order valence-corrected chi connectivity index (χ4v) is 1.38. The zero-order chi connectivity index (χ0) is 8.97. The Morgan fingerprint density at radius 2 is 2.25 bits per heavy atom. The van der Waals surface area contributed by atoms with Gasteiger partial charge < -0.3 is 0 Å². The molecular formula is C11H13Br. The van der Waals surface area contributed by atoms with E-state index < -0.39 is 0 Å². The van der Waals surface area contributed by atoms with E-state index in [2.05, 4.69) is 47.6 Å². The minimum absolute atomic E-state index is 1.06. The smallest absolute Gasteiger partial charge is 0.0204 e. The van der Waals surface area contributed by atoms with E-state index in [1.165, 1.54) is 15.6 Å². The third kappa shape index (κ3) is 2.49. The maximum Gasteiger partial charge on any atom is 0.0204 e. The van der Waals surface area contributed by atoms with E-state index in [9.17, 15) is 0 Å². The van der Waals surface area contributed by atoms with Crippen molar-refractivity contribution < 1.29 is 0 Å².